The Balaban J connectivity index is 1.94. The first-order valence-corrected chi connectivity index (χ1v) is 9.66. The molecule has 4 nitrogen and oxygen atoms in total. The highest BCUT2D eigenvalue weighted by molar-refractivity contribution is 9.10. The fraction of sp³-hybridized carbons (Fsp3) is 0.389. The molecule has 1 fully saturated rings. The number of halogens is 1. The number of likely N-dealkylation sites (tertiary alicyclic amines) is 1. The van der Waals surface area contributed by atoms with E-state index in [-0.39, 0.29) is 12.0 Å². The van der Waals surface area contributed by atoms with Gasteiger partial charge >= 0.3 is 5.97 Å². The zero-order chi connectivity index (χ0) is 17.1. The first-order valence-electron chi connectivity index (χ1n) is 7.92. The monoisotopic (exact) mass is 409 g/mol. The number of rotatable bonds is 5. The number of piperidine rings is 1. The number of hydrogen-bond donors (Lipinski definition) is 1. The van der Waals surface area contributed by atoms with Gasteiger partial charge in [-0.15, -0.1) is 0 Å². The number of benzene rings is 1. The highest BCUT2D eigenvalue weighted by Crippen LogP contribution is 2.39. The second-order valence-electron chi connectivity index (χ2n) is 5.99. The van der Waals surface area contributed by atoms with E-state index in [1.165, 1.54) is 5.56 Å². The predicted molar refractivity (Wildman–Crippen MR) is 98.8 cm³/mol. The summed E-state index contributed by atoms with van der Waals surface area (Å²) in [5.41, 5.74) is 2.34. The van der Waals surface area contributed by atoms with Gasteiger partial charge in [-0.25, -0.2) is 0 Å². The normalized spacial score (nSPS) is 17.6. The lowest BCUT2D eigenvalue weighted by atomic mass is 9.92. The van der Waals surface area contributed by atoms with Gasteiger partial charge in [0.15, 0.2) is 0 Å². The van der Waals surface area contributed by atoms with E-state index in [1.807, 2.05) is 12.1 Å². The van der Waals surface area contributed by atoms with E-state index >= 15 is 0 Å². The third kappa shape index (κ3) is 3.66. The van der Waals surface area contributed by atoms with Gasteiger partial charge in [-0.3, -0.25) is 9.69 Å². The van der Waals surface area contributed by atoms with Crippen molar-refractivity contribution in [3.8, 4) is 5.75 Å². The highest BCUT2D eigenvalue weighted by atomic mass is 79.9. The smallest absolute Gasteiger partial charge is 0.306 e. The highest BCUT2D eigenvalue weighted by Gasteiger charge is 2.31. The molecule has 1 aliphatic rings. The Morgan fingerprint density at radius 3 is 2.71 bits per heavy atom. The summed E-state index contributed by atoms with van der Waals surface area (Å²) in [4.78, 5) is 13.6. The summed E-state index contributed by atoms with van der Waals surface area (Å²) in [5, 5.41) is 13.5. The fourth-order valence-electron chi connectivity index (χ4n) is 3.34. The zero-order valence-corrected chi connectivity index (χ0v) is 15.8. The van der Waals surface area contributed by atoms with Crippen molar-refractivity contribution < 1.29 is 14.6 Å². The molecule has 1 aromatic carbocycles. The van der Waals surface area contributed by atoms with Crippen molar-refractivity contribution in [1.29, 1.82) is 0 Å². The Morgan fingerprint density at radius 2 is 2.12 bits per heavy atom. The molecule has 24 heavy (non-hydrogen) atoms. The van der Waals surface area contributed by atoms with Gasteiger partial charge in [-0.2, -0.15) is 11.3 Å². The second kappa shape index (κ2) is 7.68. The quantitative estimate of drug-likeness (QED) is 0.794. The minimum atomic E-state index is -0.679. The van der Waals surface area contributed by atoms with E-state index in [2.05, 4.69) is 43.7 Å². The van der Waals surface area contributed by atoms with E-state index in [0.717, 1.165) is 28.9 Å². The van der Waals surface area contributed by atoms with Crippen molar-refractivity contribution >= 4 is 33.2 Å². The van der Waals surface area contributed by atoms with Gasteiger partial charge in [-0.1, -0.05) is 15.9 Å². The predicted octanol–water partition coefficient (Wildman–Crippen LogP) is 4.41. The van der Waals surface area contributed by atoms with Crippen LogP contribution in [0.25, 0.3) is 0 Å². The molecule has 0 radical (unpaired) electrons. The maximum absolute atomic E-state index is 11.2. The minimum absolute atomic E-state index is 0.0819. The first kappa shape index (κ1) is 17.5. The molecule has 1 aliphatic heterocycles. The van der Waals surface area contributed by atoms with Crippen LogP contribution in [0.1, 0.15) is 30.0 Å². The lowest BCUT2D eigenvalue weighted by Gasteiger charge is -2.37. The number of ether oxygens (including phenoxy) is 1. The fourth-order valence-corrected chi connectivity index (χ4v) is 4.40. The minimum Gasteiger partial charge on any atom is -0.496 e. The number of nitrogens with zero attached hydrogens (tertiary/aromatic N) is 1. The molecule has 1 aromatic heterocycles. The number of aliphatic carboxylic acids is 1. The number of carbonyl (C=O) groups is 1. The third-order valence-corrected chi connectivity index (χ3v) is 5.78. The van der Waals surface area contributed by atoms with Gasteiger partial charge in [0, 0.05) is 10.0 Å². The number of carboxylic acids is 1. The van der Waals surface area contributed by atoms with Crippen LogP contribution in [-0.2, 0) is 4.79 Å². The van der Waals surface area contributed by atoms with Crippen LogP contribution >= 0.6 is 27.3 Å². The van der Waals surface area contributed by atoms with Crippen molar-refractivity contribution in [3.63, 3.8) is 0 Å². The van der Waals surface area contributed by atoms with Crippen LogP contribution in [0, 0.1) is 5.92 Å². The molecule has 1 unspecified atom stereocenters. The SMILES string of the molecule is COc1ccc(Br)cc1C(c1ccsc1)N1CCC(C(=O)O)CC1. The molecule has 2 aromatic rings. The van der Waals surface area contributed by atoms with Gasteiger partial charge in [0.05, 0.1) is 19.1 Å². The lowest BCUT2D eigenvalue weighted by Crippen LogP contribution is -2.39. The van der Waals surface area contributed by atoms with Gasteiger partial charge in [0.1, 0.15) is 5.75 Å². The third-order valence-electron chi connectivity index (χ3n) is 4.59. The molecule has 0 amide bonds. The van der Waals surface area contributed by atoms with E-state index in [1.54, 1.807) is 18.4 Å². The number of carboxylic acid groups (broad SMARTS) is 1. The van der Waals surface area contributed by atoms with Crippen LogP contribution in [0.2, 0.25) is 0 Å². The van der Waals surface area contributed by atoms with Gasteiger partial charge < -0.3 is 9.84 Å². The van der Waals surface area contributed by atoms with Crippen molar-refractivity contribution in [2.45, 2.75) is 18.9 Å². The summed E-state index contributed by atoms with van der Waals surface area (Å²) in [6.07, 6.45) is 1.37. The molecule has 0 aliphatic carbocycles. The molecule has 3 rings (SSSR count). The topological polar surface area (TPSA) is 49.8 Å². The van der Waals surface area contributed by atoms with Crippen LogP contribution in [0.15, 0.2) is 39.5 Å². The lowest BCUT2D eigenvalue weighted by molar-refractivity contribution is -0.143. The average molecular weight is 410 g/mol. The van der Waals surface area contributed by atoms with Gasteiger partial charge in [0.2, 0.25) is 0 Å². The van der Waals surface area contributed by atoms with Crippen LogP contribution in [0.3, 0.4) is 0 Å². The zero-order valence-electron chi connectivity index (χ0n) is 13.4. The molecule has 6 heteroatoms. The standard InChI is InChI=1S/C18H20BrNO3S/c1-23-16-3-2-14(19)10-15(16)17(13-6-9-24-11-13)20-7-4-12(5-8-20)18(21)22/h2-3,6,9-12,17H,4-5,7-8H2,1H3,(H,21,22). The molecule has 2 heterocycles. The average Bonchev–Trinajstić information content (AvgIpc) is 3.10. The maximum Gasteiger partial charge on any atom is 0.306 e. The van der Waals surface area contributed by atoms with Crippen molar-refractivity contribution in [2.75, 3.05) is 20.2 Å². The number of methoxy groups -OCH3 is 1. The van der Waals surface area contributed by atoms with Crippen molar-refractivity contribution in [3.05, 3.63) is 50.6 Å². The molecule has 1 saturated heterocycles. The van der Waals surface area contributed by atoms with Gasteiger partial charge in [-0.05, 0) is 66.5 Å². The first-order chi connectivity index (χ1) is 11.6. The van der Waals surface area contributed by atoms with Crippen molar-refractivity contribution in [1.82, 2.24) is 4.90 Å². The van der Waals surface area contributed by atoms with Crippen LogP contribution in [-0.4, -0.2) is 36.2 Å². The van der Waals surface area contributed by atoms with E-state index in [4.69, 9.17) is 4.74 Å². The molecule has 128 valence electrons. The number of thiophene rings is 1. The second-order valence-corrected chi connectivity index (χ2v) is 7.69. The Labute approximate surface area is 154 Å². The number of hydrogen-bond acceptors (Lipinski definition) is 4. The molecule has 0 bridgehead atoms. The summed E-state index contributed by atoms with van der Waals surface area (Å²) in [6, 6.07) is 8.27. The van der Waals surface area contributed by atoms with E-state index in [9.17, 15) is 9.90 Å². The Bertz CT molecular complexity index is 696. The van der Waals surface area contributed by atoms with E-state index in [0.29, 0.717) is 12.8 Å². The summed E-state index contributed by atoms with van der Waals surface area (Å²) >= 11 is 5.24. The summed E-state index contributed by atoms with van der Waals surface area (Å²) in [5.74, 6) is -0.0506. The summed E-state index contributed by atoms with van der Waals surface area (Å²) < 4.78 is 6.60. The van der Waals surface area contributed by atoms with E-state index < -0.39 is 5.97 Å². The van der Waals surface area contributed by atoms with Crippen LogP contribution in [0.5, 0.6) is 5.75 Å². The van der Waals surface area contributed by atoms with Crippen LogP contribution in [0.4, 0.5) is 0 Å². The molecule has 1 N–H and O–H groups in total. The molecule has 0 saturated carbocycles. The summed E-state index contributed by atoms with van der Waals surface area (Å²) in [6.45, 7) is 1.54. The Hall–Kier alpha value is -1.37. The molecular weight excluding hydrogens is 390 g/mol. The van der Waals surface area contributed by atoms with Crippen molar-refractivity contribution in [2.24, 2.45) is 5.92 Å². The van der Waals surface area contributed by atoms with Crippen LogP contribution < -0.4 is 4.74 Å². The maximum atomic E-state index is 11.2. The summed E-state index contributed by atoms with van der Waals surface area (Å²) in [7, 11) is 1.69. The largest absolute Gasteiger partial charge is 0.496 e. The van der Waals surface area contributed by atoms with Gasteiger partial charge in [0.25, 0.3) is 0 Å². The Kier molecular flexibility index (Phi) is 5.58. The molecule has 1 atom stereocenters. The molecular formula is C18H20BrNO3S. The Morgan fingerprint density at radius 1 is 1.38 bits per heavy atom. The molecule has 0 spiro atoms.